The number of hydrogen-bond donors (Lipinski definition) is 1. The van der Waals surface area contributed by atoms with Crippen LogP contribution in [0.25, 0.3) is 0 Å². The summed E-state index contributed by atoms with van der Waals surface area (Å²) in [5.41, 5.74) is 0.371. The Kier molecular flexibility index (Phi) is 6.06. The van der Waals surface area contributed by atoms with Gasteiger partial charge in [-0.1, -0.05) is 30.3 Å². The van der Waals surface area contributed by atoms with Gasteiger partial charge in [-0.15, -0.1) is 0 Å². The maximum atomic E-state index is 12.4. The van der Waals surface area contributed by atoms with Crippen LogP contribution in [0, 0.1) is 5.92 Å². The average molecular weight is 349 g/mol. The van der Waals surface area contributed by atoms with Crippen molar-refractivity contribution in [3.63, 3.8) is 0 Å². The molecule has 1 amide bonds. The fraction of sp³-hybridized carbons (Fsp3) is 0.579. The first-order chi connectivity index (χ1) is 11.8. The molecule has 2 aliphatic rings. The zero-order valence-electron chi connectivity index (χ0n) is 15.3. The van der Waals surface area contributed by atoms with Crippen LogP contribution in [0.2, 0.25) is 0 Å². The summed E-state index contributed by atoms with van der Waals surface area (Å²) in [7, 11) is 1.00. The van der Waals surface area contributed by atoms with Gasteiger partial charge in [-0.25, -0.2) is 9.59 Å². The van der Waals surface area contributed by atoms with Crippen LogP contribution in [-0.2, 0) is 20.9 Å². The van der Waals surface area contributed by atoms with E-state index in [0.29, 0.717) is 12.3 Å². The second-order valence-corrected chi connectivity index (χ2v) is 7.30. The van der Waals surface area contributed by atoms with Crippen LogP contribution in [0.1, 0.15) is 39.2 Å². The average Bonchev–Trinajstić information content (AvgIpc) is 3.23. The van der Waals surface area contributed by atoms with E-state index in [2.05, 4.69) is 0 Å². The van der Waals surface area contributed by atoms with E-state index in [1.165, 1.54) is 0 Å². The summed E-state index contributed by atoms with van der Waals surface area (Å²) in [5, 5.41) is 7.00. The van der Waals surface area contributed by atoms with Crippen molar-refractivity contribution in [2.24, 2.45) is 5.92 Å². The molecule has 1 heterocycles. The molecule has 1 aromatic carbocycles. The van der Waals surface area contributed by atoms with Gasteiger partial charge in [-0.05, 0) is 45.1 Å². The number of carbonyl (C=O) groups excluding carboxylic acids is 2. The van der Waals surface area contributed by atoms with Crippen LogP contribution in [0.15, 0.2) is 30.3 Å². The number of amides is 1. The Bertz CT molecular complexity index is 596. The zero-order valence-corrected chi connectivity index (χ0v) is 15.3. The number of carbonyl (C=O) groups is 2. The van der Waals surface area contributed by atoms with Gasteiger partial charge in [0.1, 0.15) is 18.2 Å². The fourth-order valence-corrected chi connectivity index (χ4v) is 3.07. The van der Waals surface area contributed by atoms with Crippen LogP contribution in [-0.4, -0.2) is 46.9 Å². The first kappa shape index (κ1) is 19.2. The van der Waals surface area contributed by atoms with Crippen LogP contribution in [0.3, 0.4) is 0 Å². The lowest BCUT2D eigenvalue weighted by Gasteiger charge is -2.29. The molecular weight excluding hydrogens is 322 g/mol. The highest BCUT2D eigenvalue weighted by Crippen LogP contribution is 2.48. The normalized spacial score (nSPS) is 23.9. The summed E-state index contributed by atoms with van der Waals surface area (Å²) in [5.74, 6) is 0.0729. The predicted octanol–water partition coefficient (Wildman–Crippen LogP) is 2.74. The quantitative estimate of drug-likeness (QED) is 0.849. The molecule has 138 valence electrons. The van der Waals surface area contributed by atoms with Crippen molar-refractivity contribution in [1.29, 1.82) is 0 Å². The second kappa shape index (κ2) is 7.87. The van der Waals surface area contributed by atoms with Gasteiger partial charge < -0.3 is 14.6 Å². The first-order valence-corrected chi connectivity index (χ1v) is 8.52. The first-order valence-electron chi connectivity index (χ1n) is 8.52. The molecule has 2 fully saturated rings. The lowest BCUT2D eigenvalue weighted by atomic mass is 10.1. The molecule has 1 aromatic rings. The van der Waals surface area contributed by atoms with Gasteiger partial charge in [0.15, 0.2) is 0 Å². The third-order valence-corrected chi connectivity index (χ3v) is 4.20. The standard InChI is InChI=1S/C18H23NO4.CH4O/c1-18(2,3)23-17(21)19-14-9-13(14)10-15(19)16(20)22-11-12-7-5-4-6-8-12;1-2/h4-8,13-15H,9-11H2,1-3H3;2H,1H3. The van der Waals surface area contributed by atoms with E-state index in [9.17, 15) is 9.59 Å². The van der Waals surface area contributed by atoms with Gasteiger partial charge in [0.25, 0.3) is 0 Å². The monoisotopic (exact) mass is 349 g/mol. The highest BCUT2D eigenvalue weighted by atomic mass is 16.6. The molecule has 0 aromatic heterocycles. The molecule has 1 aliphatic carbocycles. The van der Waals surface area contributed by atoms with E-state index >= 15 is 0 Å². The number of aliphatic hydroxyl groups is 1. The molecule has 3 unspecified atom stereocenters. The number of benzene rings is 1. The maximum Gasteiger partial charge on any atom is 0.411 e. The van der Waals surface area contributed by atoms with E-state index in [1.807, 2.05) is 51.1 Å². The van der Waals surface area contributed by atoms with Gasteiger partial charge in [0.2, 0.25) is 0 Å². The maximum absolute atomic E-state index is 12.4. The highest BCUT2D eigenvalue weighted by molar-refractivity contribution is 5.83. The van der Waals surface area contributed by atoms with Crippen molar-refractivity contribution in [1.82, 2.24) is 4.90 Å². The van der Waals surface area contributed by atoms with Crippen molar-refractivity contribution in [3.05, 3.63) is 35.9 Å². The Morgan fingerprint density at radius 1 is 1.16 bits per heavy atom. The van der Waals surface area contributed by atoms with Crippen molar-refractivity contribution in [2.45, 2.75) is 57.9 Å². The minimum Gasteiger partial charge on any atom is -0.459 e. The number of aliphatic hydroxyl groups excluding tert-OH is 1. The Morgan fingerprint density at radius 2 is 1.80 bits per heavy atom. The molecule has 1 saturated heterocycles. The molecule has 1 N–H and O–H groups in total. The Morgan fingerprint density at radius 3 is 2.40 bits per heavy atom. The molecule has 6 heteroatoms. The van der Waals surface area contributed by atoms with Crippen LogP contribution >= 0.6 is 0 Å². The number of fused-ring (bicyclic) bond motifs is 1. The van der Waals surface area contributed by atoms with Crippen LogP contribution < -0.4 is 0 Å². The zero-order chi connectivity index (χ0) is 18.6. The molecule has 1 saturated carbocycles. The molecule has 0 spiro atoms. The van der Waals surface area contributed by atoms with Gasteiger partial charge in [0, 0.05) is 13.2 Å². The summed E-state index contributed by atoms with van der Waals surface area (Å²) in [6.45, 7) is 5.71. The summed E-state index contributed by atoms with van der Waals surface area (Å²) in [4.78, 5) is 26.4. The van der Waals surface area contributed by atoms with Crippen molar-refractivity contribution in [2.75, 3.05) is 7.11 Å². The lowest BCUT2D eigenvalue weighted by molar-refractivity contribution is -0.150. The third-order valence-electron chi connectivity index (χ3n) is 4.20. The number of piperidine rings is 1. The number of esters is 1. The Hall–Kier alpha value is -2.08. The van der Waals surface area contributed by atoms with E-state index in [4.69, 9.17) is 14.6 Å². The summed E-state index contributed by atoms with van der Waals surface area (Å²) < 4.78 is 10.8. The molecule has 0 bridgehead atoms. The number of ether oxygens (including phenoxy) is 2. The van der Waals surface area contributed by atoms with Gasteiger partial charge in [-0.2, -0.15) is 0 Å². The van der Waals surface area contributed by atoms with E-state index < -0.39 is 17.7 Å². The Labute approximate surface area is 148 Å². The van der Waals surface area contributed by atoms with Crippen molar-refractivity contribution >= 4 is 12.1 Å². The smallest absolute Gasteiger partial charge is 0.411 e. The van der Waals surface area contributed by atoms with Crippen molar-refractivity contribution in [3.8, 4) is 0 Å². The Balaban J connectivity index is 0.00000109. The van der Waals surface area contributed by atoms with Crippen molar-refractivity contribution < 1.29 is 24.2 Å². The van der Waals surface area contributed by atoms with Crippen LogP contribution in [0.5, 0.6) is 0 Å². The molecule has 3 atom stereocenters. The number of rotatable bonds is 3. The van der Waals surface area contributed by atoms with Gasteiger partial charge in [-0.3, -0.25) is 4.90 Å². The SMILES string of the molecule is CC(C)(C)OC(=O)N1C(C(=O)OCc2ccccc2)CC2CC21.CO. The van der Waals surface area contributed by atoms with E-state index in [0.717, 1.165) is 19.1 Å². The van der Waals surface area contributed by atoms with Gasteiger partial charge >= 0.3 is 12.1 Å². The number of nitrogens with zero attached hydrogens (tertiary/aromatic N) is 1. The summed E-state index contributed by atoms with van der Waals surface area (Å²) in [6, 6.07) is 9.16. The largest absolute Gasteiger partial charge is 0.459 e. The lowest BCUT2D eigenvalue weighted by Crippen LogP contribution is -2.46. The summed E-state index contributed by atoms with van der Waals surface area (Å²) >= 11 is 0. The number of likely N-dealkylation sites (tertiary alicyclic amines) is 1. The van der Waals surface area contributed by atoms with Gasteiger partial charge in [0.05, 0.1) is 0 Å². The summed E-state index contributed by atoms with van der Waals surface area (Å²) in [6.07, 6.45) is 1.23. The third kappa shape index (κ3) is 4.95. The molecular formula is C19H27NO5. The topological polar surface area (TPSA) is 76.1 Å². The molecule has 25 heavy (non-hydrogen) atoms. The number of hydrogen-bond acceptors (Lipinski definition) is 5. The minimum atomic E-state index is -0.567. The minimum absolute atomic E-state index is 0.138. The molecule has 6 nitrogen and oxygen atoms in total. The predicted molar refractivity (Wildman–Crippen MR) is 92.8 cm³/mol. The molecule has 1 aliphatic heterocycles. The molecule has 3 rings (SSSR count). The van der Waals surface area contributed by atoms with E-state index in [-0.39, 0.29) is 18.6 Å². The molecule has 0 radical (unpaired) electrons. The van der Waals surface area contributed by atoms with E-state index in [1.54, 1.807) is 4.90 Å². The second-order valence-electron chi connectivity index (χ2n) is 7.30. The fourth-order valence-electron chi connectivity index (χ4n) is 3.07. The highest BCUT2D eigenvalue weighted by Gasteiger charge is 2.57. The van der Waals surface area contributed by atoms with Crippen LogP contribution in [0.4, 0.5) is 4.79 Å².